The standard InChI is InChI=1S/C23H13Cl2F2N3O3/c24-17-11-15(7-10-18(17)27)29-21(31)12-1-5-14(6-2-12)28-20-19(25)22(32)30(23(20)33)16-8-3-13(26)4-9-16/h1-11,28H,(H,29,31). The number of carbonyl (C=O) groups is 3. The molecule has 0 saturated carbocycles. The van der Waals surface area contributed by atoms with E-state index in [2.05, 4.69) is 10.6 Å². The molecular weight excluding hydrogens is 475 g/mol. The van der Waals surface area contributed by atoms with Crippen LogP contribution in [0.15, 0.2) is 77.5 Å². The molecule has 3 aromatic carbocycles. The van der Waals surface area contributed by atoms with E-state index in [9.17, 15) is 23.2 Å². The van der Waals surface area contributed by atoms with Crippen molar-refractivity contribution in [2.45, 2.75) is 0 Å². The zero-order chi connectivity index (χ0) is 23.7. The summed E-state index contributed by atoms with van der Waals surface area (Å²) in [6, 6.07) is 14.6. The molecule has 1 aliphatic rings. The molecule has 0 radical (unpaired) electrons. The summed E-state index contributed by atoms with van der Waals surface area (Å²) in [4.78, 5) is 38.4. The molecule has 1 heterocycles. The van der Waals surface area contributed by atoms with Crippen LogP contribution in [0.3, 0.4) is 0 Å². The van der Waals surface area contributed by atoms with Crippen molar-refractivity contribution in [1.29, 1.82) is 0 Å². The van der Waals surface area contributed by atoms with Crippen LogP contribution in [-0.4, -0.2) is 17.7 Å². The number of carbonyl (C=O) groups excluding carboxylic acids is 3. The van der Waals surface area contributed by atoms with Crippen molar-refractivity contribution in [3.05, 3.63) is 99.7 Å². The predicted octanol–water partition coefficient (Wildman–Crippen LogP) is 5.31. The van der Waals surface area contributed by atoms with Gasteiger partial charge in [0, 0.05) is 16.9 Å². The van der Waals surface area contributed by atoms with E-state index < -0.39 is 29.4 Å². The summed E-state index contributed by atoms with van der Waals surface area (Å²) in [7, 11) is 0. The van der Waals surface area contributed by atoms with E-state index in [1.54, 1.807) is 0 Å². The lowest BCUT2D eigenvalue weighted by atomic mass is 10.2. The molecule has 0 bridgehead atoms. The maximum Gasteiger partial charge on any atom is 0.283 e. The molecule has 0 aliphatic carbocycles. The minimum absolute atomic E-state index is 0.122. The van der Waals surface area contributed by atoms with Gasteiger partial charge in [-0.25, -0.2) is 13.7 Å². The first-order chi connectivity index (χ1) is 15.7. The third kappa shape index (κ3) is 4.57. The maximum atomic E-state index is 13.3. The smallest absolute Gasteiger partial charge is 0.283 e. The number of nitrogens with one attached hydrogen (secondary N) is 2. The number of halogens is 4. The third-order valence-corrected chi connectivity index (χ3v) is 5.35. The van der Waals surface area contributed by atoms with Crippen LogP contribution in [0.2, 0.25) is 5.02 Å². The molecule has 2 N–H and O–H groups in total. The quantitative estimate of drug-likeness (QED) is 0.478. The summed E-state index contributed by atoms with van der Waals surface area (Å²) in [5.74, 6) is -3.02. The monoisotopic (exact) mass is 487 g/mol. The second kappa shape index (κ2) is 9.01. The van der Waals surface area contributed by atoms with E-state index >= 15 is 0 Å². The number of amides is 3. The lowest BCUT2D eigenvalue weighted by Gasteiger charge is -2.15. The maximum absolute atomic E-state index is 13.3. The first-order valence-corrected chi connectivity index (χ1v) is 10.2. The topological polar surface area (TPSA) is 78.5 Å². The molecule has 1 aliphatic heterocycles. The summed E-state index contributed by atoms with van der Waals surface area (Å²) in [5, 5.41) is 4.93. The highest BCUT2D eigenvalue weighted by Gasteiger charge is 2.38. The van der Waals surface area contributed by atoms with E-state index in [1.807, 2.05) is 0 Å². The highest BCUT2D eigenvalue weighted by Crippen LogP contribution is 2.30. The summed E-state index contributed by atoms with van der Waals surface area (Å²) in [5.41, 5.74) is 1.02. The van der Waals surface area contributed by atoms with E-state index in [1.165, 1.54) is 48.5 Å². The van der Waals surface area contributed by atoms with Gasteiger partial charge in [-0.15, -0.1) is 0 Å². The molecular formula is C23H13Cl2F2N3O3. The van der Waals surface area contributed by atoms with E-state index in [0.717, 1.165) is 23.1 Å². The lowest BCUT2D eigenvalue weighted by molar-refractivity contribution is -0.120. The van der Waals surface area contributed by atoms with E-state index in [-0.39, 0.29) is 27.0 Å². The fourth-order valence-electron chi connectivity index (χ4n) is 3.06. The Morgan fingerprint density at radius 2 is 1.45 bits per heavy atom. The normalized spacial score (nSPS) is 13.5. The van der Waals surface area contributed by atoms with Crippen LogP contribution in [0.25, 0.3) is 0 Å². The van der Waals surface area contributed by atoms with Crippen LogP contribution >= 0.6 is 23.2 Å². The van der Waals surface area contributed by atoms with Crippen molar-refractivity contribution in [1.82, 2.24) is 0 Å². The molecule has 166 valence electrons. The Morgan fingerprint density at radius 1 is 0.818 bits per heavy atom. The largest absolute Gasteiger partial charge is 0.350 e. The third-order valence-electron chi connectivity index (χ3n) is 4.71. The molecule has 10 heteroatoms. The Kier molecular flexibility index (Phi) is 6.13. The van der Waals surface area contributed by atoms with Gasteiger partial charge in [0.05, 0.1) is 10.7 Å². The molecule has 0 spiro atoms. The Bertz CT molecular complexity index is 1310. The molecule has 0 atom stereocenters. The number of imide groups is 1. The highest BCUT2D eigenvalue weighted by molar-refractivity contribution is 6.53. The second-order valence-corrected chi connectivity index (χ2v) is 7.68. The van der Waals surface area contributed by atoms with Crippen molar-refractivity contribution < 1.29 is 23.2 Å². The van der Waals surface area contributed by atoms with Crippen molar-refractivity contribution in [2.75, 3.05) is 15.5 Å². The summed E-state index contributed by atoms with van der Waals surface area (Å²) >= 11 is 11.8. The van der Waals surface area contributed by atoms with Crippen molar-refractivity contribution in [2.24, 2.45) is 0 Å². The van der Waals surface area contributed by atoms with Crippen LogP contribution in [-0.2, 0) is 9.59 Å². The SMILES string of the molecule is O=C(Nc1ccc(F)c(Cl)c1)c1ccc(NC2=C(Cl)C(=O)N(c3ccc(F)cc3)C2=O)cc1. The Balaban J connectivity index is 1.47. The molecule has 0 unspecified atom stereocenters. The minimum Gasteiger partial charge on any atom is -0.350 e. The number of hydrogen-bond donors (Lipinski definition) is 2. The van der Waals surface area contributed by atoms with Crippen molar-refractivity contribution in [3.63, 3.8) is 0 Å². The second-order valence-electron chi connectivity index (χ2n) is 6.90. The number of benzene rings is 3. The van der Waals surface area contributed by atoms with Gasteiger partial charge in [0.15, 0.2) is 0 Å². The summed E-state index contributed by atoms with van der Waals surface area (Å²) in [6.07, 6.45) is 0. The van der Waals surface area contributed by atoms with Gasteiger partial charge in [-0.2, -0.15) is 0 Å². The zero-order valence-corrected chi connectivity index (χ0v) is 18.0. The minimum atomic E-state index is -0.746. The van der Waals surface area contributed by atoms with Gasteiger partial charge >= 0.3 is 0 Å². The van der Waals surface area contributed by atoms with Crippen molar-refractivity contribution in [3.8, 4) is 0 Å². The van der Waals surface area contributed by atoms with Gasteiger partial charge in [-0.1, -0.05) is 23.2 Å². The molecule has 33 heavy (non-hydrogen) atoms. The first-order valence-electron chi connectivity index (χ1n) is 9.42. The molecule has 6 nitrogen and oxygen atoms in total. The predicted molar refractivity (Wildman–Crippen MR) is 121 cm³/mol. The summed E-state index contributed by atoms with van der Waals surface area (Å²) in [6.45, 7) is 0. The molecule has 3 amide bonds. The van der Waals surface area contributed by atoms with Crippen molar-refractivity contribution >= 4 is 58.0 Å². The van der Waals surface area contributed by atoms with Gasteiger partial charge in [-0.05, 0) is 66.7 Å². The fourth-order valence-corrected chi connectivity index (χ4v) is 3.46. The molecule has 0 fully saturated rings. The first kappa shape index (κ1) is 22.4. The lowest BCUT2D eigenvalue weighted by Crippen LogP contribution is -2.32. The van der Waals surface area contributed by atoms with Crippen LogP contribution in [0.4, 0.5) is 25.8 Å². The average molecular weight is 488 g/mol. The molecule has 3 aromatic rings. The van der Waals surface area contributed by atoms with Gasteiger partial charge in [-0.3, -0.25) is 14.4 Å². The van der Waals surface area contributed by atoms with E-state index in [0.29, 0.717) is 11.4 Å². The van der Waals surface area contributed by atoms with Gasteiger partial charge in [0.25, 0.3) is 17.7 Å². The number of nitrogens with zero attached hydrogens (tertiary/aromatic N) is 1. The number of rotatable bonds is 5. The average Bonchev–Trinajstić information content (AvgIpc) is 3.00. The molecule has 0 saturated heterocycles. The van der Waals surface area contributed by atoms with Gasteiger partial charge < -0.3 is 10.6 Å². The van der Waals surface area contributed by atoms with Gasteiger partial charge in [0.1, 0.15) is 22.4 Å². The van der Waals surface area contributed by atoms with E-state index in [4.69, 9.17) is 23.2 Å². The van der Waals surface area contributed by atoms with Crippen LogP contribution in [0.1, 0.15) is 10.4 Å². The highest BCUT2D eigenvalue weighted by atomic mass is 35.5. The molecule has 0 aromatic heterocycles. The van der Waals surface area contributed by atoms with Crippen LogP contribution < -0.4 is 15.5 Å². The zero-order valence-electron chi connectivity index (χ0n) is 16.5. The Labute approximate surface area is 196 Å². The van der Waals surface area contributed by atoms with Crippen LogP contribution in [0, 0.1) is 11.6 Å². The van der Waals surface area contributed by atoms with Gasteiger partial charge in [0.2, 0.25) is 0 Å². The number of hydrogen-bond acceptors (Lipinski definition) is 4. The number of anilines is 3. The fraction of sp³-hybridized carbons (Fsp3) is 0. The molecule has 4 rings (SSSR count). The Hall–Kier alpha value is -3.75. The van der Waals surface area contributed by atoms with Crippen LogP contribution in [0.5, 0.6) is 0 Å². The summed E-state index contributed by atoms with van der Waals surface area (Å²) < 4.78 is 26.4. The Morgan fingerprint density at radius 3 is 2.09 bits per heavy atom.